The Labute approximate surface area is 254 Å². The highest BCUT2D eigenvalue weighted by atomic mass is 16.5. The summed E-state index contributed by atoms with van der Waals surface area (Å²) in [6.07, 6.45) is 5.16. The average Bonchev–Trinajstić information content (AvgIpc) is 3.21. The molecule has 0 unspecified atom stereocenters. The van der Waals surface area contributed by atoms with Gasteiger partial charge in [0.15, 0.2) is 11.5 Å². The van der Waals surface area contributed by atoms with Crippen molar-refractivity contribution in [2.75, 3.05) is 46.3 Å². The van der Waals surface area contributed by atoms with Crippen LogP contribution in [0.1, 0.15) is 76.5 Å². The van der Waals surface area contributed by atoms with Crippen molar-refractivity contribution < 1.29 is 28.5 Å². The fraction of sp³-hybridized carbons (Fsp3) is 0.545. The summed E-state index contributed by atoms with van der Waals surface area (Å²) in [5.74, 6) is 1.42. The minimum atomic E-state index is -0.358. The van der Waals surface area contributed by atoms with E-state index in [4.69, 9.17) is 18.9 Å². The number of anilines is 1. The first kappa shape index (κ1) is 33.7. The number of hydrogen-bond donors (Lipinski definition) is 3. The summed E-state index contributed by atoms with van der Waals surface area (Å²) in [6.45, 7) is 7.32. The van der Waals surface area contributed by atoms with Gasteiger partial charge in [-0.25, -0.2) is 0 Å². The molecule has 0 saturated carbocycles. The van der Waals surface area contributed by atoms with Gasteiger partial charge in [-0.1, -0.05) is 12.5 Å². The summed E-state index contributed by atoms with van der Waals surface area (Å²) in [5.41, 5.74) is 3.60. The van der Waals surface area contributed by atoms with Gasteiger partial charge >= 0.3 is 0 Å². The zero-order valence-corrected chi connectivity index (χ0v) is 26.4. The van der Waals surface area contributed by atoms with Gasteiger partial charge in [0.2, 0.25) is 23.0 Å². The molecule has 3 rings (SSSR count). The number of aryl methyl sites for hydroxylation is 1. The summed E-state index contributed by atoms with van der Waals surface area (Å²) in [5, 5.41) is 9.24. The second-order valence-corrected chi connectivity index (χ2v) is 11.0. The van der Waals surface area contributed by atoms with E-state index in [1.807, 2.05) is 26.0 Å². The largest absolute Gasteiger partial charge is 0.493 e. The molecule has 0 spiro atoms. The molecule has 3 N–H and O–H groups in total. The smallest absolute Gasteiger partial charge is 0.219 e. The molecule has 0 bridgehead atoms. The van der Waals surface area contributed by atoms with Gasteiger partial charge in [0, 0.05) is 38.6 Å². The third-order valence-corrected chi connectivity index (χ3v) is 7.41. The molecule has 2 aromatic rings. The maximum Gasteiger partial charge on any atom is 0.219 e. The van der Waals surface area contributed by atoms with Crippen LogP contribution in [-0.4, -0.2) is 58.9 Å². The van der Waals surface area contributed by atoms with Crippen LogP contribution in [0.25, 0.3) is 11.1 Å². The number of amides is 2. The molecule has 1 aliphatic carbocycles. The van der Waals surface area contributed by atoms with Crippen molar-refractivity contribution in [1.29, 1.82) is 0 Å². The summed E-state index contributed by atoms with van der Waals surface area (Å²) in [4.78, 5) is 37.6. The van der Waals surface area contributed by atoms with E-state index in [9.17, 15) is 14.4 Å². The maximum absolute atomic E-state index is 13.4. The lowest BCUT2D eigenvalue weighted by molar-refractivity contribution is -0.121. The highest BCUT2D eigenvalue weighted by molar-refractivity contribution is 5.83. The fourth-order valence-electron chi connectivity index (χ4n) is 5.37. The van der Waals surface area contributed by atoms with Gasteiger partial charge in [0.05, 0.1) is 39.2 Å². The van der Waals surface area contributed by atoms with E-state index in [0.717, 1.165) is 47.9 Å². The van der Waals surface area contributed by atoms with E-state index in [1.165, 1.54) is 6.92 Å². The third kappa shape index (κ3) is 9.35. The maximum atomic E-state index is 13.4. The number of ether oxygens (including phenoxy) is 4. The molecule has 10 nitrogen and oxygen atoms in total. The van der Waals surface area contributed by atoms with Gasteiger partial charge in [-0.15, -0.1) is 0 Å². The SMILES string of the molecule is COc1cc2c(c(OC)c1OC)-c1ccc(NCCCCCC(=O)NCCCOC(C)C)c(=O)cc1[C@@H](NC(C)=O)CC2. The monoisotopic (exact) mass is 597 g/mol. The Kier molecular flexibility index (Phi) is 13.1. The second kappa shape index (κ2) is 16.7. The van der Waals surface area contributed by atoms with Crippen molar-refractivity contribution in [2.45, 2.75) is 77.9 Å². The van der Waals surface area contributed by atoms with Crippen molar-refractivity contribution in [1.82, 2.24) is 10.6 Å². The molecule has 2 aromatic carbocycles. The predicted molar refractivity (Wildman–Crippen MR) is 168 cm³/mol. The summed E-state index contributed by atoms with van der Waals surface area (Å²) < 4.78 is 22.6. The van der Waals surface area contributed by atoms with Gasteiger partial charge in [-0.3, -0.25) is 14.4 Å². The number of nitrogens with one attached hydrogen (secondary N) is 3. The zero-order valence-electron chi connectivity index (χ0n) is 26.4. The lowest BCUT2D eigenvalue weighted by Crippen LogP contribution is -2.26. The van der Waals surface area contributed by atoms with Crippen molar-refractivity contribution in [3.8, 4) is 28.4 Å². The first-order chi connectivity index (χ1) is 20.7. The highest BCUT2D eigenvalue weighted by Gasteiger charge is 2.29. The van der Waals surface area contributed by atoms with Gasteiger partial charge in [0.1, 0.15) is 0 Å². The Hall–Kier alpha value is -3.79. The standard InChI is InChI=1S/C33H47N3O7/c1-21(2)43-18-10-17-35-30(39)11-8-7-9-16-34-27-15-13-24-25(20-28(27)38)26(36-22(3)37)14-12-23-19-29(40-4)32(41-5)33(42-6)31(23)24/h13,15,19-21,26H,7-12,14,16-18H2,1-6H3,(H,34,38)(H,35,39)(H,36,37)/t26-/m0/s1. The van der Waals surface area contributed by atoms with E-state index < -0.39 is 0 Å². The summed E-state index contributed by atoms with van der Waals surface area (Å²) in [7, 11) is 4.72. The number of fused-ring (bicyclic) bond motifs is 3. The second-order valence-electron chi connectivity index (χ2n) is 11.0. The molecular weight excluding hydrogens is 550 g/mol. The molecule has 1 atom stereocenters. The Balaban J connectivity index is 1.73. The molecule has 0 aliphatic heterocycles. The molecule has 2 amide bonds. The minimum Gasteiger partial charge on any atom is -0.493 e. The van der Waals surface area contributed by atoms with Crippen LogP contribution in [0, 0.1) is 0 Å². The summed E-state index contributed by atoms with van der Waals surface area (Å²) >= 11 is 0. The van der Waals surface area contributed by atoms with Gasteiger partial charge < -0.3 is 34.9 Å². The third-order valence-electron chi connectivity index (χ3n) is 7.41. The number of unbranched alkanes of at least 4 members (excludes halogenated alkanes) is 2. The number of benzene rings is 1. The van der Waals surface area contributed by atoms with Gasteiger partial charge in [-0.2, -0.15) is 0 Å². The lowest BCUT2D eigenvalue weighted by atomic mass is 9.95. The van der Waals surface area contributed by atoms with Crippen LogP contribution in [-0.2, 0) is 20.7 Å². The molecule has 0 radical (unpaired) electrons. The van der Waals surface area contributed by atoms with Crippen molar-refractivity contribution in [3.63, 3.8) is 0 Å². The van der Waals surface area contributed by atoms with Gasteiger partial charge in [0.25, 0.3) is 0 Å². The van der Waals surface area contributed by atoms with E-state index in [-0.39, 0.29) is 29.4 Å². The first-order valence-corrected chi connectivity index (χ1v) is 15.1. The normalized spacial score (nSPS) is 13.8. The van der Waals surface area contributed by atoms with E-state index in [2.05, 4.69) is 16.0 Å². The van der Waals surface area contributed by atoms with Crippen molar-refractivity contribution >= 4 is 17.5 Å². The quantitative estimate of drug-likeness (QED) is 0.237. The molecular formula is C33H47N3O7. The average molecular weight is 598 g/mol. The number of carbonyl (C=O) groups excluding carboxylic acids is 2. The molecule has 236 valence electrons. The number of rotatable bonds is 16. The van der Waals surface area contributed by atoms with Crippen LogP contribution in [0.2, 0.25) is 0 Å². The Morgan fingerprint density at radius 2 is 1.72 bits per heavy atom. The minimum absolute atomic E-state index is 0.0506. The Morgan fingerprint density at radius 1 is 0.953 bits per heavy atom. The predicted octanol–water partition coefficient (Wildman–Crippen LogP) is 4.77. The molecule has 0 aromatic heterocycles. The van der Waals surface area contributed by atoms with Crippen molar-refractivity contribution in [2.24, 2.45) is 0 Å². The van der Waals surface area contributed by atoms with Crippen LogP contribution in [0.5, 0.6) is 17.2 Å². The molecule has 0 fully saturated rings. The van der Waals surface area contributed by atoms with Crippen LogP contribution >= 0.6 is 0 Å². The van der Waals surface area contributed by atoms with Crippen molar-refractivity contribution in [3.05, 3.63) is 45.6 Å². The number of methoxy groups -OCH3 is 3. The lowest BCUT2D eigenvalue weighted by Gasteiger charge is -2.19. The molecule has 43 heavy (non-hydrogen) atoms. The van der Waals surface area contributed by atoms with Crippen LogP contribution in [0.4, 0.5) is 5.69 Å². The van der Waals surface area contributed by atoms with Crippen LogP contribution in [0.3, 0.4) is 0 Å². The molecule has 0 heterocycles. The molecule has 10 heteroatoms. The Morgan fingerprint density at radius 3 is 2.40 bits per heavy atom. The molecule has 0 saturated heterocycles. The van der Waals surface area contributed by atoms with E-state index in [0.29, 0.717) is 61.9 Å². The first-order valence-electron chi connectivity index (χ1n) is 15.1. The van der Waals surface area contributed by atoms with Gasteiger partial charge in [-0.05, 0) is 80.8 Å². The fourth-order valence-corrected chi connectivity index (χ4v) is 5.37. The Bertz CT molecular complexity index is 1310. The number of carbonyl (C=O) groups is 2. The highest BCUT2D eigenvalue weighted by Crippen LogP contribution is 2.50. The molecule has 1 aliphatic rings. The van der Waals surface area contributed by atoms with E-state index >= 15 is 0 Å². The number of hydrogen-bond acceptors (Lipinski definition) is 8. The van der Waals surface area contributed by atoms with E-state index in [1.54, 1.807) is 33.5 Å². The zero-order chi connectivity index (χ0) is 31.4. The summed E-state index contributed by atoms with van der Waals surface area (Å²) in [6, 6.07) is 6.88. The van der Waals surface area contributed by atoms with Crippen LogP contribution in [0.15, 0.2) is 29.1 Å². The van der Waals surface area contributed by atoms with Crippen LogP contribution < -0.4 is 35.6 Å². The topological polar surface area (TPSA) is 124 Å².